The maximum Gasteiger partial charge on any atom is 0.409 e. The SMILES string of the molecule is CCOC(=O)N1CCC(NC(=NC)NCc2ccccc2Oc2ccccc2F)CC1. The van der Waals surface area contributed by atoms with Crippen LogP contribution in [0.3, 0.4) is 0 Å². The largest absolute Gasteiger partial charge is 0.454 e. The second kappa shape index (κ2) is 11.2. The summed E-state index contributed by atoms with van der Waals surface area (Å²) in [4.78, 5) is 17.9. The van der Waals surface area contributed by atoms with Crippen LogP contribution in [0.5, 0.6) is 11.5 Å². The quantitative estimate of drug-likeness (QED) is 0.539. The molecule has 0 aromatic heterocycles. The summed E-state index contributed by atoms with van der Waals surface area (Å²) in [5.74, 6) is 1.02. The van der Waals surface area contributed by atoms with Crippen molar-refractivity contribution in [2.24, 2.45) is 4.99 Å². The fraction of sp³-hybridized carbons (Fsp3) is 0.391. The van der Waals surface area contributed by atoms with Crippen molar-refractivity contribution in [2.75, 3.05) is 26.7 Å². The zero-order valence-corrected chi connectivity index (χ0v) is 17.9. The van der Waals surface area contributed by atoms with E-state index in [0.29, 0.717) is 38.0 Å². The lowest BCUT2D eigenvalue weighted by atomic mass is 10.1. The number of halogens is 1. The Morgan fingerprint density at radius 3 is 2.48 bits per heavy atom. The Balaban J connectivity index is 1.54. The van der Waals surface area contributed by atoms with E-state index in [1.807, 2.05) is 24.3 Å². The van der Waals surface area contributed by atoms with E-state index in [1.165, 1.54) is 6.07 Å². The summed E-state index contributed by atoms with van der Waals surface area (Å²) in [7, 11) is 1.71. The van der Waals surface area contributed by atoms with Crippen molar-refractivity contribution in [3.8, 4) is 11.5 Å². The van der Waals surface area contributed by atoms with Gasteiger partial charge in [0.15, 0.2) is 17.5 Å². The number of rotatable bonds is 6. The molecule has 0 radical (unpaired) electrons. The molecule has 0 aliphatic carbocycles. The van der Waals surface area contributed by atoms with Crippen LogP contribution < -0.4 is 15.4 Å². The number of nitrogens with one attached hydrogen (secondary N) is 2. The third kappa shape index (κ3) is 6.34. The zero-order chi connectivity index (χ0) is 22.1. The van der Waals surface area contributed by atoms with Gasteiger partial charge in [-0.2, -0.15) is 0 Å². The van der Waals surface area contributed by atoms with E-state index in [2.05, 4.69) is 15.6 Å². The van der Waals surface area contributed by atoms with Gasteiger partial charge < -0.3 is 25.0 Å². The van der Waals surface area contributed by atoms with Gasteiger partial charge >= 0.3 is 6.09 Å². The first-order valence-corrected chi connectivity index (χ1v) is 10.5. The van der Waals surface area contributed by atoms with E-state index in [1.54, 1.807) is 37.1 Å². The van der Waals surface area contributed by atoms with Gasteiger partial charge in [0.25, 0.3) is 0 Å². The molecule has 1 aliphatic heterocycles. The van der Waals surface area contributed by atoms with Crippen LogP contribution >= 0.6 is 0 Å². The van der Waals surface area contributed by atoms with E-state index in [9.17, 15) is 9.18 Å². The summed E-state index contributed by atoms with van der Waals surface area (Å²) in [6.45, 7) is 3.95. The highest BCUT2D eigenvalue weighted by Gasteiger charge is 2.24. The smallest absolute Gasteiger partial charge is 0.409 e. The third-order valence-corrected chi connectivity index (χ3v) is 5.06. The number of guanidine groups is 1. The van der Waals surface area contributed by atoms with Crippen LogP contribution in [-0.4, -0.2) is 49.7 Å². The van der Waals surface area contributed by atoms with E-state index in [4.69, 9.17) is 9.47 Å². The molecule has 166 valence electrons. The monoisotopic (exact) mass is 428 g/mol. The number of para-hydroxylation sites is 2. The van der Waals surface area contributed by atoms with Crippen LogP contribution in [0.4, 0.5) is 9.18 Å². The van der Waals surface area contributed by atoms with Crippen molar-refractivity contribution >= 4 is 12.1 Å². The molecule has 2 N–H and O–H groups in total. The standard InChI is InChI=1S/C23H29FN4O3/c1-3-30-23(29)28-14-12-18(13-15-28)27-22(25-2)26-16-17-8-4-6-10-20(17)31-21-11-7-5-9-19(21)24/h4-11,18H,3,12-16H2,1-2H3,(H2,25,26,27). The normalized spacial score (nSPS) is 14.8. The summed E-state index contributed by atoms with van der Waals surface area (Å²) in [5.41, 5.74) is 0.880. The second-order valence-electron chi connectivity index (χ2n) is 7.17. The summed E-state index contributed by atoms with van der Waals surface area (Å²) in [5, 5.41) is 6.69. The zero-order valence-electron chi connectivity index (χ0n) is 17.9. The Labute approximate surface area is 182 Å². The molecule has 31 heavy (non-hydrogen) atoms. The van der Waals surface area contributed by atoms with Crippen LogP contribution in [0, 0.1) is 5.82 Å². The van der Waals surface area contributed by atoms with Crippen LogP contribution in [0.2, 0.25) is 0 Å². The molecule has 0 atom stereocenters. The molecule has 3 rings (SSSR count). The highest BCUT2D eigenvalue weighted by molar-refractivity contribution is 5.80. The van der Waals surface area contributed by atoms with Gasteiger partial charge in [0.1, 0.15) is 5.75 Å². The number of hydrogen-bond donors (Lipinski definition) is 2. The molecule has 0 spiro atoms. The van der Waals surface area contributed by atoms with Gasteiger partial charge in [0.2, 0.25) is 0 Å². The minimum absolute atomic E-state index is 0.186. The van der Waals surface area contributed by atoms with Crippen molar-refractivity contribution < 1.29 is 18.7 Å². The lowest BCUT2D eigenvalue weighted by Crippen LogP contribution is -2.49. The molecule has 0 unspecified atom stereocenters. The second-order valence-corrected chi connectivity index (χ2v) is 7.17. The Morgan fingerprint density at radius 1 is 1.13 bits per heavy atom. The molecule has 7 nitrogen and oxygen atoms in total. The van der Waals surface area contributed by atoms with E-state index >= 15 is 0 Å². The van der Waals surface area contributed by atoms with Gasteiger partial charge in [-0.3, -0.25) is 4.99 Å². The number of benzene rings is 2. The van der Waals surface area contributed by atoms with Gasteiger partial charge in [0.05, 0.1) is 6.61 Å². The first-order valence-electron chi connectivity index (χ1n) is 10.5. The molecule has 0 saturated carbocycles. The minimum atomic E-state index is -0.406. The molecular formula is C23H29FN4O3. The van der Waals surface area contributed by atoms with E-state index in [0.717, 1.165) is 18.4 Å². The predicted molar refractivity (Wildman–Crippen MR) is 118 cm³/mol. The highest BCUT2D eigenvalue weighted by Crippen LogP contribution is 2.27. The molecule has 2 aromatic rings. The fourth-order valence-corrected chi connectivity index (χ4v) is 3.38. The van der Waals surface area contributed by atoms with Crippen molar-refractivity contribution in [1.29, 1.82) is 0 Å². The number of carbonyl (C=O) groups is 1. The van der Waals surface area contributed by atoms with E-state index in [-0.39, 0.29) is 17.9 Å². The average molecular weight is 429 g/mol. The van der Waals surface area contributed by atoms with Crippen molar-refractivity contribution in [3.05, 3.63) is 59.9 Å². The summed E-state index contributed by atoms with van der Waals surface area (Å²) >= 11 is 0. The number of hydrogen-bond acceptors (Lipinski definition) is 4. The molecule has 1 saturated heterocycles. The summed E-state index contributed by atoms with van der Waals surface area (Å²) in [6, 6.07) is 14.0. The molecule has 2 aromatic carbocycles. The van der Waals surface area contributed by atoms with Crippen LogP contribution in [0.1, 0.15) is 25.3 Å². The molecule has 8 heteroatoms. The summed E-state index contributed by atoms with van der Waals surface area (Å²) in [6.07, 6.45) is 1.37. The van der Waals surface area contributed by atoms with E-state index < -0.39 is 5.82 Å². The van der Waals surface area contributed by atoms with Gasteiger partial charge in [-0.25, -0.2) is 9.18 Å². The first kappa shape index (κ1) is 22.4. The number of nitrogens with zero attached hydrogens (tertiary/aromatic N) is 2. The predicted octanol–water partition coefficient (Wildman–Crippen LogP) is 3.90. The molecular weight excluding hydrogens is 399 g/mol. The van der Waals surface area contributed by atoms with Gasteiger partial charge in [-0.05, 0) is 38.0 Å². The topological polar surface area (TPSA) is 75.2 Å². The van der Waals surface area contributed by atoms with Crippen LogP contribution in [-0.2, 0) is 11.3 Å². The Morgan fingerprint density at radius 2 is 1.81 bits per heavy atom. The molecule has 1 amide bonds. The van der Waals surface area contributed by atoms with Gasteiger partial charge in [-0.15, -0.1) is 0 Å². The number of amides is 1. The van der Waals surface area contributed by atoms with Crippen molar-refractivity contribution in [3.63, 3.8) is 0 Å². The Kier molecular flexibility index (Phi) is 8.09. The van der Waals surface area contributed by atoms with Crippen molar-refractivity contribution in [2.45, 2.75) is 32.4 Å². The number of piperidine rings is 1. The Bertz CT molecular complexity index is 898. The first-order chi connectivity index (χ1) is 15.1. The van der Waals surface area contributed by atoms with Gasteiger partial charge in [0, 0.05) is 38.3 Å². The molecule has 1 heterocycles. The minimum Gasteiger partial charge on any atom is -0.454 e. The maximum absolute atomic E-state index is 14.0. The molecule has 1 fully saturated rings. The Hall–Kier alpha value is -3.29. The van der Waals surface area contributed by atoms with Crippen molar-refractivity contribution in [1.82, 2.24) is 15.5 Å². The molecule has 1 aliphatic rings. The van der Waals surface area contributed by atoms with Gasteiger partial charge in [-0.1, -0.05) is 30.3 Å². The van der Waals surface area contributed by atoms with Crippen LogP contribution in [0.25, 0.3) is 0 Å². The number of carbonyl (C=O) groups excluding carboxylic acids is 1. The summed E-state index contributed by atoms with van der Waals surface area (Å²) < 4.78 is 24.8. The number of likely N-dealkylation sites (tertiary alicyclic amines) is 1. The van der Waals surface area contributed by atoms with Crippen LogP contribution in [0.15, 0.2) is 53.5 Å². The third-order valence-electron chi connectivity index (χ3n) is 5.06. The molecule has 0 bridgehead atoms. The lowest BCUT2D eigenvalue weighted by Gasteiger charge is -2.32. The number of aliphatic imine (C=N–C) groups is 1. The number of ether oxygens (including phenoxy) is 2. The maximum atomic E-state index is 14.0. The fourth-order valence-electron chi connectivity index (χ4n) is 3.38. The lowest BCUT2D eigenvalue weighted by molar-refractivity contribution is 0.0963. The highest BCUT2D eigenvalue weighted by atomic mass is 19.1. The average Bonchev–Trinajstić information content (AvgIpc) is 2.79.